The number of piperidine rings is 1. The van der Waals surface area contributed by atoms with E-state index >= 15 is 0 Å². The molecule has 0 aliphatic carbocycles. The van der Waals surface area contributed by atoms with Gasteiger partial charge in [-0.05, 0) is 57.4 Å². The number of hydrogen-bond acceptors (Lipinski definition) is 4. The van der Waals surface area contributed by atoms with E-state index in [0.29, 0.717) is 31.8 Å². The third kappa shape index (κ3) is 4.23. The predicted molar refractivity (Wildman–Crippen MR) is 89.2 cm³/mol. The number of nitriles is 1. The Kier molecular flexibility index (Phi) is 5.62. The second-order valence-electron chi connectivity index (χ2n) is 6.47. The van der Waals surface area contributed by atoms with Crippen molar-refractivity contribution < 1.29 is 9.53 Å². The van der Waals surface area contributed by atoms with Crippen LogP contribution in [0.2, 0.25) is 0 Å². The van der Waals surface area contributed by atoms with Crippen molar-refractivity contribution >= 4 is 5.91 Å². The van der Waals surface area contributed by atoms with Gasteiger partial charge in [0.15, 0.2) is 0 Å². The highest BCUT2D eigenvalue weighted by Crippen LogP contribution is 2.30. The Morgan fingerprint density at radius 1 is 1.52 bits per heavy atom. The van der Waals surface area contributed by atoms with Crippen molar-refractivity contribution in [2.45, 2.75) is 33.1 Å². The Bertz CT molecular complexity index is 609. The molecule has 0 bridgehead atoms. The minimum Gasteiger partial charge on any atom is -0.493 e. The lowest BCUT2D eigenvalue weighted by molar-refractivity contribution is 0.0629. The first-order chi connectivity index (χ1) is 11.0. The van der Waals surface area contributed by atoms with Crippen molar-refractivity contribution in [3.63, 3.8) is 0 Å². The van der Waals surface area contributed by atoms with E-state index in [1.807, 2.05) is 26.0 Å². The number of carbonyl (C=O) groups is 1. The maximum Gasteiger partial charge on any atom is 0.254 e. The van der Waals surface area contributed by atoms with Crippen LogP contribution in [0.4, 0.5) is 0 Å². The second-order valence-corrected chi connectivity index (χ2v) is 6.47. The first kappa shape index (κ1) is 17.3. The van der Waals surface area contributed by atoms with Gasteiger partial charge in [-0.2, -0.15) is 5.26 Å². The summed E-state index contributed by atoms with van der Waals surface area (Å²) in [6.45, 7) is 6.19. The van der Waals surface area contributed by atoms with E-state index in [4.69, 9.17) is 10.5 Å². The van der Waals surface area contributed by atoms with Crippen LogP contribution in [-0.2, 0) is 0 Å². The number of rotatable bonds is 5. The van der Waals surface area contributed by atoms with Crippen molar-refractivity contribution in [3.8, 4) is 11.8 Å². The normalized spacial score (nSPS) is 20.9. The van der Waals surface area contributed by atoms with Crippen LogP contribution in [0.15, 0.2) is 18.2 Å². The molecule has 0 saturated carbocycles. The zero-order valence-electron chi connectivity index (χ0n) is 14.0. The molecule has 1 aliphatic heterocycles. The van der Waals surface area contributed by atoms with Crippen molar-refractivity contribution in [3.05, 3.63) is 29.3 Å². The van der Waals surface area contributed by atoms with E-state index in [0.717, 1.165) is 30.6 Å². The maximum absolute atomic E-state index is 12.7. The molecule has 1 heterocycles. The molecule has 1 amide bonds. The van der Waals surface area contributed by atoms with Crippen LogP contribution in [0.5, 0.6) is 5.75 Å². The predicted octanol–water partition coefficient (Wildman–Crippen LogP) is 2.49. The van der Waals surface area contributed by atoms with Crippen LogP contribution in [0.1, 0.15) is 42.1 Å². The van der Waals surface area contributed by atoms with Gasteiger partial charge in [0.05, 0.1) is 18.1 Å². The summed E-state index contributed by atoms with van der Waals surface area (Å²) in [4.78, 5) is 14.5. The summed E-state index contributed by atoms with van der Waals surface area (Å²) in [5.74, 6) is 0.694. The molecule has 2 rings (SSSR count). The van der Waals surface area contributed by atoms with Crippen LogP contribution in [0, 0.1) is 23.7 Å². The van der Waals surface area contributed by atoms with Crippen LogP contribution < -0.4 is 10.5 Å². The summed E-state index contributed by atoms with van der Waals surface area (Å²) >= 11 is 0. The number of nitrogens with two attached hydrogens (primary N) is 1. The average Bonchev–Trinajstić information content (AvgIpc) is 2.56. The zero-order valence-corrected chi connectivity index (χ0v) is 14.0. The molecule has 0 aromatic heterocycles. The molecule has 0 radical (unpaired) electrons. The van der Waals surface area contributed by atoms with Crippen LogP contribution >= 0.6 is 0 Å². The van der Waals surface area contributed by atoms with E-state index in [-0.39, 0.29) is 5.91 Å². The third-order valence-corrected chi connectivity index (χ3v) is 4.29. The van der Waals surface area contributed by atoms with Crippen molar-refractivity contribution in [1.29, 1.82) is 5.26 Å². The van der Waals surface area contributed by atoms with Gasteiger partial charge < -0.3 is 15.4 Å². The second kappa shape index (κ2) is 7.47. The largest absolute Gasteiger partial charge is 0.493 e. The van der Waals surface area contributed by atoms with Crippen molar-refractivity contribution in [2.24, 2.45) is 11.1 Å². The van der Waals surface area contributed by atoms with Crippen LogP contribution in [-0.4, -0.2) is 37.0 Å². The van der Waals surface area contributed by atoms with Gasteiger partial charge in [-0.25, -0.2) is 0 Å². The molecule has 1 fully saturated rings. The number of likely N-dealkylation sites (tertiary alicyclic amines) is 1. The highest BCUT2D eigenvalue weighted by atomic mass is 16.5. The Morgan fingerprint density at radius 2 is 2.30 bits per heavy atom. The molecule has 1 saturated heterocycles. The van der Waals surface area contributed by atoms with E-state index < -0.39 is 5.41 Å². The monoisotopic (exact) mass is 315 g/mol. The standard InChI is InChI=1S/C18H25N3O2/c1-14-5-6-15(11-16(14)23-10-4-8-19)17(22)21-9-3-7-18(2,12-20)13-21/h5-6,11H,3-4,7-10,13,19H2,1-2H3/t18-/m0/s1. The zero-order chi connectivity index (χ0) is 16.9. The Labute approximate surface area is 138 Å². The first-order valence-corrected chi connectivity index (χ1v) is 8.13. The molecule has 124 valence electrons. The van der Waals surface area contributed by atoms with E-state index in [1.165, 1.54) is 0 Å². The van der Waals surface area contributed by atoms with Gasteiger partial charge in [-0.15, -0.1) is 0 Å². The molecule has 1 atom stereocenters. The Morgan fingerprint density at radius 3 is 3.00 bits per heavy atom. The topological polar surface area (TPSA) is 79.3 Å². The van der Waals surface area contributed by atoms with Gasteiger partial charge in [-0.1, -0.05) is 6.07 Å². The summed E-state index contributed by atoms with van der Waals surface area (Å²) in [6, 6.07) is 7.87. The number of ether oxygens (including phenoxy) is 1. The summed E-state index contributed by atoms with van der Waals surface area (Å²) in [7, 11) is 0. The van der Waals surface area contributed by atoms with Crippen LogP contribution in [0.3, 0.4) is 0 Å². The molecule has 1 aliphatic rings. The molecule has 0 unspecified atom stereocenters. The molecule has 0 spiro atoms. The lowest BCUT2D eigenvalue weighted by atomic mass is 9.83. The van der Waals surface area contributed by atoms with Gasteiger partial charge in [-0.3, -0.25) is 4.79 Å². The van der Waals surface area contributed by atoms with Gasteiger partial charge in [0.25, 0.3) is 5.91 Å². The molecule has 1 aromatic carbocycles. The molecule has 23 heavy (non-hydrogen) atoms. The molecular formula is C18H25N3O2. The highest BCUT2D eigenvalue weighted by molar-refractivity contribution is 5.94. The minimum atomic E-state index is -0.445. The summed E-state index contributed by atoms with van der Waals surface area (Å²) < 4.78 is 5.71. The lowest BCUT2D eigenvalue weighted by Gasteiger charge is -2.36. The molecular weight excluding hydrogens is 290 g/mol. The number of amides is 1. The van der Waals surface area contributed by atoms with E-state index in [2.05, 4.69) is 6.07 Å². The fourth-order valence-corrected chi connectivity index (χ4v) is 2.84. The Balaban J connectivity index is 2.13. The van der Waals surface area contributed by atoms with Gasteiger partial charge in [0, 0.05) is 18.7 Å². The minimum absolute atomic E-state index is 0.0325. The fraction of sp³-hybridized carbons (Fsp3) is 0.556. The number of nitrogens with zero attached hydrogens (tertiary/aromatic N) is 2. The Hall–Kier alpha value is -2.06. The number of hydrogen-bond donors (Lipinski definition) is 1. The van der Waals surface area contributed by atoms with Crippen molar-refractivity contribution in [2.75, 3.05) is 26.2 Å². The summed E-state index contributed by atoms with van der Waals surface area (Å²) in [6.07, 6.45) is 2.49. The third-order valence-electron chi connectivity index (χ3n) is 4.29. The van der Waals surface area contributed by atoms with Gasteiger partial charge in [0.1, 0.15) is 5.75 Å². The number of aryl methyl sites for hydroxylation is 1. The highest BCUT2D eigenvalue weighted by Gasteiger charge is 2.33. The van der Waals surface area contributed by atoms with E-state index in [1.54, 1.807) is 11.0 Å². The lowest BCUT2D eigenvalue weighted by Crippen LogP contribution is -2.44. The molecule has 5 nitrogen and oxygen atoms in total. The van der Waals surface area contributed by atoms with Gasteiger partial charge >= 0.3 is 0 Å². The van der Waals surface area contributed by atoms with Gasteiger partial charge in [0.2, 0.25) is 0 Å². The summed E-state index contributed by atoms with van der Waals surface area (Å²) in [5, 5.41) is 9.30. The number of benzene rings is 1. The van der Waals surface area contributed by atoms with E-state index in [9.17, 15) is 10.1 Å². The fourth-order valence-electron chi connectivity index (χ4n) is 2.84. The number of carbonyl (C=O) groups excluding carboxylic acids is 1. The first-order valence-electron chi connectivity index (χ1n) is 8.13. The molecule has 1 aromatic rings. The maximum atomic E-state index is 12.7. The molecule has 2 N–H and O–H groups in total. The smallest absolute Gasteiger partial charge is 0.254 e. The van der Waals surface area contributed by atoms with Crippen LogP contribution in [0.25, 0.3) is 0 Å². The summed E-state index contributed by atoms with van der Waals surface area (Å²) in [5.41, 5.74) is 6.64. The SMILES string of the molecule is Cc1ccc(C(=O)N2CCC[C@@](C)(C#N)C2)cc1OCCCN. The quantitative estimate of drug-likeness (QED) is 0.847. The average molecular weight is 315 g/mol. The van der Waals surface area contributed by atoms with Crippen molar-refractivity contribution in [1.82, 2.24) is 4.90 Å². The molecule has 5 heteroatoms.